The van der Waals surface area contributed by atoms with Gasteiger partial charge in [0.05, 0.1) is 20.8 Å². The fourth-order valence-electron chi connectivity index (χ4n) is 0.651. The van der Waals surface area contributed by atoms with Crippen molar-refractivity contribution in [3.63, 3.8) is 0 Å². The summed E-state index contributed by atoms with van der Waals surface area (Å²) in [6, 6.07) is 0. The van der Waals surface area contributed by atoms with Gasteiger partial charge in [0.2, 0.25) is 0 Å². The van der Waals surface area contributed by atoms with Gasteiger partial charge in [-0.1, -0.05) is 19.8 Å². The van der Waals surface area contributed by atoms with E-state index < -0.39 is 6.16 Å². The van der Waals surface area contributed by atoms with Crippen LogP contribution < -0.4 is 0 Å². The molecule has 0 aliphatic carbocycles. The molecule has 5 heteroatoms. The van der Waals surface area contributed by atoms with Crippen molar-refractivity contribution in [2.45, 2.75) is 33.1 Å². The van der Waals surface area contributed by atoms with Crippen LogP contribution in [0.3, 0.4) is 0 Å². The lowest BCUT2D eigenvalue weighted by Gasteiger charge is -1.98. The predicted molar refractivity (Wildman–Crippen MR) is 55.6 cm³/mol. The van der Waals surface area contributed by atoms with Crippen LogP contribution in [0.15, 0.2) is 0 Å². The molecule has 0 aliphatic heterocycles. The highest BCUT2D eigenvalue weighted by molar-refractivity contribution is 5.65. The van der Waals surface area contributed by atoms with Crippen molar-refractivity contribution in [1.82, 2.24) is 0 Å². The van der Waals surface area contributed by atoms with E-state index in [0.717, 1.165) is 12.8 Å². The first-order valence-corrected chi connectivity index (χ1v) is 4.83. The number of esters is 1. The topological polar surface area (TPSA) is 61.8 Å². The minimum atomic E-state index is -0.657. The van der Waals surface area contributed by atoms with Crippen molar-refractivity contribution < 1.29 is 23.8 Å². The van der Waals surface area contributed by atoms with Gasteiger partial charge in [0.1, 0.15) is 0 Å². The van der Waals surface area contributed by atoms with Gasteiger partial charge >= 0.3 is 12.1 Å². The minimum absolute atomic E-state index is 0.175. The molecule has 0 saturated heterocycles. The molecule has 5 nitrogen and oxygen atoms in total. The fourth-order valence-corrected chi connectivity index (χ4v) is 0.651. The van der Waals surface area contributed by atoms with Crippen molar-refractivity contribution in [2.24, 2.45) is 0 Å². The summed E-state index contributed by atoms with van der Waals surface area (Å²) in [4.78, 5) is 19.9. The number of methoxy groups -OCH3 is 2. The highest BCUT2D eigenvalue weighted by Gasteiger charge is 1.90. The molecule has 0 fully saturated rings. The van der Waals surface area contributed by atoms with Crippen molar-refractivity contribution in [3.05, 3.63) is 0 Å². The van der Waals surface area contributed by atoms with E-state index in [9.17, 15) is 9.59 Å². The van der Waals surface area contributed by atoms with E-state index in [4.69, 9.17) is 4.74 Å². The molecule has 0 aromatic carbocycles. The Morgan fingerprint density at radius 3 is 1.87 bits per heavy atom. The third kappa shape index (κ3) is 19.2. The van der Waals surface area contributed by atoms with Gasteiger partial charge < -0.3 is 14.2 Å². The van der Waals surface area contributed by atoms with Gasteiger partial charge in [-0.3, -0.25) is 4.79 Å². The summed E-state index contributed by atoms with van der Waals surface area (Å²) in [5.74, 6) is -0.175. The molecule has 0 unspecified atom stereocenters. The van der Waals surface area contributed by atoms with Crippen LogP contribution in [-0.4, -0.2) is 33.0 Å². The SMILES string of the molecule is CCCCCOC(C)=O.COC(=O)OC. The summed E-state index contributed by atoms with van der Waals surface area (Å²) in [6.07, 6.45) is 2.65. The van der Waals surface area contributed by atoms with Crippen LogP contribution in [-0.2, 0) is 19.0 Å². The van der Waals surface area contributed by atoms with Crippen LogP contribution in [0.2, 0.25) is 0 Å². The maximum atomic E-state index is 10.2. The largest absolute Gasteiger partial charge is 0.507 e. The first kappa shape index (κ1) is 16.2. The molecule has 0 aliphatic rings. The summed E-state index contributed by atoms with van der Waals surface area (Å²) in [5, 5.41) is 0. The number of carbonyl (C=O) groups is 2. The van der Waals surface area contributed by atoms with Gasteiger partial charge in [-0.2, -0.15) is 0 Å². The van der Waals surface area contributed by atoms with Crippen molar-refractivity contribution in [2.75, 3.05) is 20.8 Å². The molecule has 0 heterocycles. The molecule has 15 heavy (non-hydrogen) atoms. The summed E-state index contributed by atoms with van der Waals surface area (Å²) in [7, 11) is 2.51. The van der Waals surface area contributed by atoms with Crippen molar-refractivity contribution in [1.29, 1.82) is 0 Å². The fraction of sp³-hybridized carbons (Fsp3) is 0.800. The van der Waals surface area contributed by atoms with E-state index in [-0.39, 0.29) is 5.97 Å². The number of carbonyl (C=O) groups excluding carboxylic acids is 2. The van der Waals surface area contributed by atoms with Crippen LogP contribution in [0.25, 0.3) is 0 Å². The first-order valence-electron chi connectivity index (χ1n) is 4.83. The second-order valence-electron chi connectivity index (χ2n) is 2.71. The summed E-state index contributed by atoms with van der Waals surface area (Å²) >= 11 is 0. The summed E-state index contributed by atoms with van der Waals surface area (Å²) < 4.78 is 12.8. The zero-order chi connectivity index (χ0) is 12.1. The molecule has 0 spiro atoms. The lowest BCUT2D eigenvalue weighted by atomic mass is 10.3. The van der Waals surface area contributed by atoms with Gasteiger partial charge in [0, 0.05) is 6.92 Å². The molecule has 0 saturated carbocycles. The number of rotatable bonds is 4. The third-order valence-electron chi connectivity index (χ3n) is 1.39. The first-order chi connectivity index (χ1) is 7.08. The van der Waals surface area contributed by atoms with E-state index >= 15 is 0 Å². The number of ether oxygens (including phenoxy) is 3. The Kier molecular flexibility index (Phi) is 13.7. The van der Waals surface area contributed by atoms with Gasteiger partial charge in [-0.15, -0.1) is 0 Å². The molecule has 0 N–H and O–H groups in total. The van der Waals surface area contributed by atoms with E-state index in [2.05, 4.69) is 16.4 Å². The number of hydrogen-bond donors (Lipinski definition) is 0. The van der Waals surface area contributed by atoms with Crippen LogP contribution in [0.5, 0.6) is 0 Å². The lowest BCUT2D eigenvalue weighted by Crippen LogP contribution is -1.99. The molecule has 0 radical (unpaired) electrons. The van der Waals surface area contributed by atoms with E-state index in [1.165, 1.54) is 27.6 Å². The van der Waals surface area contributed by atoms with Crippen molar-refractivity contribution >= 4 is 12.1 Å². The third-order valence-corrected chi connectivity index (χ3v) is 1.39. The number of unbranched alkanes of at least 4 members (excludes halogenated alkanes) is 2. The molecule has 0 atom stereocenters. The molecule has 0 aromatic rings. The molecule has 0 aromatic heterocycles. The molecule has 0 amide bonds. The van der Waals surface area contributed by atoms with Crippen LogP contribution in [0.1, 0.15) is 33.1 Å². The summed E-state index contributed by atoms with van der Waals surface area (Å²) in [6.45, 7) is 4.14. The van der Waals surface area contributed by atoms with Gasteiger partial charge in [-0.25, -0.2) is 4.79 Å². The van der Waals surface area contributed by atoms with E-state index in [1.54, 1.807) is 0 Å². The Balaban J connectivity index is 0. The Hall–Kier alpha value is -1.26. The summed E-state index contributed by atoms with van der Waals surface area (Å²) in [5.41, 5.74) is 0. The minimum Gasteiger partial charge on any atom is -0.466 e. The molecular weight excluding hydrogens is 200 g/mol. The average molecular weight is 220 g/mol. The Labute approximate surface area is 90.7 Å². The van der Waals surface area contributed by atoms with E-state index in [1.807, 2.05) is 0 Å². The maximum absolute atomic E-state index is 10.2. The van der Waals surface area contributed by atoms with Gasteiger partial charge in [-0.05, 0) is 6.42 Å². The quantitative estimate of drug-likeness (QED) is 0.536. The highest BCUT2D eigenvalue weighted by Crippen LogP contribution is 1.93. The predicted octanol–water partition coefficient (Wildman–Crippen LogP) is 2.14. The smallest absolute Gasteiger partial charge is 0.466 e. The van der Waals surface area contributed by atoms with Gasteiger partial charge in [0.15, 0.2) is 0 Å². The average Bonchev–Trinajstić information content (AvgIpc) is 2.24. The van der Waals surface area contributed by atoms with E-state index in [0.29, 0.717) is 6.61 Å². The monoisotopic (exact) mass is 220 g/mol. The Bertz CT molecular complexity index is 161. The van der Waals surface area contributed by atoms with Crippen LogP contribution in [0.4, 0.5) is 4.79 Å². The molecule has 0 rings (SSSR count). The zero-order valence-corrected chi connectivity index (χ0v) is 9.87. The van der Waals surface area contributed by atoms with Crippen LogP contribution in [0, 0.1) is 0 Å². The molecule has 90 valence electrons. The second kappa shape index (κ2) is 12.7. The van der Waals surface area contributed by atoms with Gasteiger partial charge in [0.25, 0.3) is 0 Å². The Morgan fingerprint density at radius 1 is 1.07 bits per heavy atom. The Morgan fingerprint density at radius 2 is 1.60 bits per heavy atom. The highest BCUT2D eigenvalue weighted by atomic mass is 16.7. The van der Waals surface area contributed by atoms with Crippen molar-refractivity contribution in [3.8, 4) is 0 Å². The molecule has 0 bridgehead atoms. The molecular formula is C10H20O5. The normalized spacial score (nSPS) is 8.27. The zero-order valence-electron chi connectivity index (χ0n) is 9.87. The van der Waals surface area contributed by atoms with Crippen LogP contribution >= 0.6 is 0 Å². The maximum Gasteiger partial charge on any atom is 0.507 e. The number of hydrogen-bond acceptors (Lipinski definition) is 5. The standard InChI is InChI=1S/C7H14O2.C3H6O3/c1-3-4-5-6-9-7(2)8;1-5-3(4)6-2/h3-6H2,1-2H3;1-2H3. The second-order valence-corrected chi connectivity index (χ2v) is 2.71. The lowest BCUT2D eigenvalue weighted by molar-refractivity contribution is -0.141.